The summed E-state index contributed by atoms with van der Waals surface area (Å²) in [6.45, 7) is 8.22. The molecule has 1 fully saturated rings. The van der Waals surface area contributed by atoms with Gasteiger partial charge in [-0.15, -0.1) is 23.1 Å². The van der Waals surface area contributed by atoms with Crippen molar-refractivity contribution in [3.63, 3.8) is 0 Å². The predicted molar refractivity (Wildman–Crippen MR) is 101 cm³/mol. The molecule has 0 amide bonds. The molecule has 136 valence electrons. The summed E-state index contributed by atoms with van der Waals surface area (Å²) in [4.78, 5) is 21.1. The van der Waals surface area contributed by atoms with Gasteiger partial charge in [0.25, 0.3) is 0 Å². The van der Waals surface area contributed by atoms with Gasteiger partial charge < -0.3 is 9.73 Å². The second kappa shape index (κ2) is 8.01. The number of hydrogen-bond acceptors (Lipinski definition) is 7. The van der Waals surface area contributed by atoms with Gasteiger partial charge in [-0.1, -0.05) is 20.8 Å². The van der Waals surface area contributed by atoms with Crippen molar-refractivity contribution in [3.8, 4) is 0 Å². The van der Waals surface area contributed by atoms with E-state index in [1.165, 1.54) is 0 Å². The van der Waals surface area contributed by atoms with Gasteiger partial charge in [-0.25, -0.2) is 9.97 Å². The molecular formula is C18H25N3O2S2. The number of Topliss-reactive ketones (excluding diaryl/α,β-unsaturated/α-hetero) is 1. The maximum absolute atomic E-state index is 12.4. The molecule has 3 rings (SSSR count). The van der Waals surface area contributed by atoms with Crippen LogP contribution in [0.3, 0.4) is 0 Å². The third kappa shape index (κ3) is 5.15. The predicted octanol–water partition coefficient (Wildman–Crippen LogP) is 3.83. The van der Waals surface area contributed by atoms with E-state index in [1.54, 1.807) is 23.1 Å². The second-order valence-corrected chi connectivity index (χ2v) is 9.79. The van der Waals surface area contributed by atoms with Crippen molar-refractivity contribution in [1.29, 1.82) is 0 Å². The minimum atomic E-state index is -0.0252. The fourth-order valence-electron chi connectivity index (χ4n) is 2.74. The number of oxazole rings is 1. The van der Waals surface area contributed by atoms with Crippen molar-refractivity contribution in [1.82, 2.24) is 15.3 Å². The highest BCUT2D eigenvalue weighted by Crippen LogP contribution is 2.30. The van der Waals surface area contributed by atoms with Crippen molar-refractivity contribution in [3.05, 3.63) is 29.1 Å². The van der Waals surface area contributed by atoms with Gasteiger partial charge in [0, 0.05) is 11.3 Å². The van der Waals surface area contributed by atoms with Crippen LogP contribution in [0.15, 0.2) is 21.0 Å². The van der Waals surface area contributed by atoms with Crippen molar-refractivity contribution in [2.45, 2.75) is 55.4 Å². The smallest absolute Gasteiger partial charge is 0.204 e. The maximum Gasteiger partial charge on any atom is 0.204 e. The zero-order chi connectivity index (χ0) is 17.9. The number of nitrogens with zero attached hydrogens (tertiary/aromatic N) is 2. The summed E-state index contributed by atoms with van der Waals surface area (Å²) in [5, 5.41) is 4.21. The SMILES string of the molecule is CC(C)(C)c1cnc(CSc2cnc(CC(=O)C3CCNCC3)s2)o1. The van der Waals surface area contributed by atoms with Gasteiger partial charge in [0.15, 0.2) is 0 Å². The molecule has 1 saturated heterocycles. The Labute approximate surface area is 157 Å². The molecular weight excluding hydrogens is 354 g/mol. The number of thiazole rings is 1. The maximum atomic E-state index is 12.4. The van der Waals surface area contributed by atoms with Crippen molar-refractivity contribution >= 4 is 28.9 Å². The number of carbonyl (C=O) groups excluding carboxylic acids is 1. The summed E-state index contributed by atoms with van der Waals surface area (Å²) in [6, 6.07) is 0. The number of aromatic nitrogens is 2. The van der Waals surface area contributed by atoms with Crippen LogP contribution in [0.5, 0.6) is 0 Å². The molecule has 0 spiro atoms. The van der Waals surface area contributed by atoms with Crippen LogP contribution in [0, 0.1) is 5.92 Å². The Morgan fingerprint density at radius 2 is 2.08 bits per heavy atom. The summed E-state index contributed by atoms with van der Waals surface area (Å²) in [5.74, 6) is 2.84. The van der Waals surface area contributed by atoms with Crippen LogP contribution < -0.4 is 5.32 Å². The van der Waals surface area contributed by atoms with Gasteiger partial charge in [-0.3, -0.25) is 4.79 Å². The van der Waals surface area contributed by atoms with Crippen LogP contribution in [-0.4, -0.2) is 28.8 Å². The molecule has 7 heteroatoms. The van der Waals surface area contributed by atoms with Gasteiger partial charge in [-0.05, 0) is 25.9 Å². The third-order valence-electron chi connectivity index (χ3n) is 4.28. The zero-order valence-corrected chi connectivity index (χ0v) is 16.6. The monoisotopic (exact) mass is 379 g/mol. The van der Waals surface area contributed by atoms with E-state index in [1.807, 2.05) is 12.4 Å². The van der Waals surface area contributed by atoms with Crippen LogP contribution in [0.4, 0.5) is 0 Å². The summed E-state index contributed by atoms with van der Waals surface area (Å²) < 4.78 is 6.91. The number of hydrogen-bond donors (Lipinski definition) is 1. The molecule has 0 unspecified atom stereocenters. The van der Waals surface area contributed by atoms with Crippen LogP contribution >= 0.6 is 23.1 Å². The molecule has 0 bridgehead atoms. The Morgan fingerprint density at radius 3 is 2.76 bits per heavy atom. The lowest BCUT2D eigenvalue weighted by molar-refractivity contribution is -0.122. The number of thioether (sulfide) groups is 1. The number of nitrogens with one attached hydrogen (secondary N) is 1. The molecule has 0 atom stereocenters. The third-order valence-corrected chi connectivity index (χ3v) is 6.46. The second-order valence-electron chi connectivity index (χ2n) is 7.40. The molecule has 25 heavy (non-hydrogen) atoms. The zero-order valence-electron chi connectivity index (χ0n) is 15.0. The summed E-state index contributed by atoms with van der Waals surface area (Å²) in [6.07, 6.45) is 6.03. The largest absolute Gasteiger partial charge is 0.444 e. The minimum absolute atomic E-state index is 0.0252. The molecule has 3 heterocycles. The average Bonchev–Trinajstić information content (AvgIpc) is 3.22. The molecule has 1 aliphatic rings. The van der Waals surface area contributed by atoms with E-state index in [0.717, 1.165) is 46.8 Å². The van der Waals surface area contributed by atoms with Gasteiger partial charge in [0.05, 0.1) is 28.8 Å². The van der Waals surface area contributed by atoms with Crippen LogP contribution in [-0.2, 0) is 22.4 Å². The van der Waals surface area contributed by atoms with Crippen molar-refractivity contribution in [2.24, 2.45) is 5.92 Å². The Kier molecular flexibility index (Phi) is 5.96. The summed E-state index contributed by atoms with van der Waals surface area (Å²) in [5.41, 5.74) is -0.0252. The first-order valence-electron chi connectivity index (χ1n) is 8.68. The first kappa shape index (κ1) is 18.6. The molecule has 2 aromatic heterocycles. The number of ketones is 1. The lowest BCUT2D eigenvalue weighted by Gasteiger charge is -2.20. The van der Waals surface area contributed by atoms with Crippen molar-refractivity contribution < 1.29 is 9.21 Å². The molecule has 2 aromatic rings. The number of carbonyl (C=O) groups is 1. The van der Waals surface area contributed by atoms with E-state index in [0.29, 0.717) is 18.0 Å². The fraction of sp³-hybridized carbons (Fsp3) is 0.611. The van der Waals surface area contributed by atoms with Crippen LogP contribution in [0.25, 0.3) is 0 Å². The highest BCUT2D eigenvalue weighted by Gasteiger charge is 2.22. The topological polar surface area (TPSA) is 68.0 Å². The lowest BCUT2D eigenvalue weighted by Crippen LogP contribution is -2.32. The fourth-order valence-corrected chi connectivity index (χ4v) is 4.62. The minimum Gasteiger partial charge on any atom is -0.444 e. The van der Waals surface area contributed by atoms with E-state index in [2.05, 4.69) is 36.1 Å². The summed E-state index contributed by atoms with van der Waals surface area (Å²) >= 11 is 3.26. The van der Waals surface area contributed by atoms with E-state index < -0.39 is 0 Å². The molecule has 0 aromatic carbocycles. The van der Waals surface area contributed by atoms with E-state index >= 15 is 0 Å². The van der Waals surface area contributed by atoms with Gasteiger partial charge >= 0.3 is 0 Å². The van der Waals surface area contributed by atoms with Gasteiger partial charge in [0.1, 0.15) is 16.6 Å². The standard InChI is InChI=1S/C18H25N3O2S2/c1-18(2,3)14-9-20-15(23-14)11-24-17-10-21-16(25-17)8-13(22)12-4-6-19-7-5-12/h9-10,12,19H,4-8,11H2,1-3H3. The molecule has 1 aliphatic heterocycles. The van der Waals surface area contributed by atoms with Crippen LogP contribution in [0.2, 0.25) is 0 Å². The first-order chi connectivity index (χ1) is 11.9. The van der Waals surface area contributed by atoms with E-state index in [-0.39, 0.29) is 11.3 Å². The number of rotatable bonds is 6. The highest BCUT2D eigenvalue weighted by atomic mass is 32.2. The van der Waals surface area contributed by atoms with Gasteiger partial charge in [-0.2, -0.15) is 0 Å². The van der Waals surface area contributed by atoms with Crippen molar-refractivity contribution in [2.75, 3.05) is 13.1 Å². The average molecular weight is 380 g/mol. The Bertz CT molecular complexity index is 712. The number of piperidine rings is 1. The molecule has 0 radical (unpaired) electrons. The normalized spacial score (nSPS) is 16.3. The molecule has 0 saturated carbocycles. The molecule has 0 aliphatic carbocycles. The van der Waals surface area contributed by atoms with Crippen LogP contribution in [0.1, 0.15) is 50.3 Å². The van der Waals surface area contributed by atoms with E-state index in [9.17, 15) is 4.79 Å². The lowest BCUT2D eigenvalue weighted by atomic mass is 9.92. The Hall–Kier alpha value is -1.18. The van der Waals surface area contributed by atoms with Gasteiger partial charge in [0.2, 0.25) is 5.89 Å². The Balaban J connectivity index is 1.51. The summed E-state index contributed by atoms with van der Waals surface area (Å²) in [7, 11) is 0. The highest BCUT2D eigenvalue weighted by molar-refractivity contribution is 8.00. The molecule has 5 nitrogen and oxygen atoms in total. The quantitative estimate of drug-likeness (QED) is 0.769. The molecule has 1 N–H and O–H groups in total. The Morgan fingerprint density at radius 1 is 1.32 bits per heavy atom. The van der Waals surface area contributed by atoms with E-state index in [4.69, 9.17) is 4.42 Å². The first-order valence-corrected chi connectivity index (χ1v) is 10.5.